The summed E-state index contributed by atoms with van der Waals surface area (Å²) >= 11 is 22.7. The second-order valence-corrected chi connectivity index (χ2v) is 3.65. The van der Waals surface area contributed by atoms with Crippen molar-refractivity contribution in [2.45, 2.75) is 0 Å². The molecule has 1 aromatic rings. The molecule has 0 bridgehead atoms. The van der Waals surface area contributed by atoms with E-state index < -0.39 is 0 Å². The summed E-state index contributed by atoms with van der Waals surface area (Å²) in [4.78, 5) is 0. The van der Waals surface area contributed by atoms with Crippen molar-refractivity contribution in [2.75, 3.05) is 7.11 Å². The largest absolute Gasteiger partial charge is 0.505 e. The van der Waals surface area contributed by atoms with Crippen LogP contribution in [0.5, 0.6) is 11.5 Å². The molecule has 0 saturated carbocycles. The Hall–Kier alpha value is -0.0200. The van der Waals surface area contributed by atoms with Crippen LogP contribution in [0, 0.1) is 0 Å². The first-order valence-electron chi connectivity index (χ1n) is 3.09. The van der Waals surface area contributed by atoms with Crippen LogP contribution < -0.4 is 4.74 Å². The number of phenolic OH excluding ortho intramolecular Hbond substituents is 1. The van der Waals surface area contributed by atoms with Crippen molar-refractivity contribution in [2.24, 2.45) is 0 Å². The summed E-state index contributed by atoms with van der Waals surface area (Å²) in [7, 11) is 1.36. The number of aromatic hydroxyl groups is 1. The van der Waals surface area contributed by atoms with Crippen molar-refractivity contribution in [3.8, 4) is 11.5 Å². The molecule has 6 heteroatoms. The predicted octanol–water partition coefficient (Wildman–Crippen LogP) is 4.01. The molecule has 2 nitrogen and oxygen atoms in total. The molecule has 0 atom stereocenters. The molecule has 0 saturated heterocycles. The lowest BCUT2D eigenvalue weighted by Gasteiger charge is -2.10. The number of methoxy groups -OCH3 is 1. The first-order chi connectivity index (χ1) is 6.00. The van der Waals surface area contributed by atoms with E-state index in [0.717, 1.165) is 0 Å². The minimum absolute atomic E-state index is 0.0158. The predicted molar refractivity (Wildman–Crippen MR) is 54.7 cm³/mol. The molecule has 0 aliphatic heterocycles. The second kappa shape index (κ2) is 4.01. The van der Waals surface area contributed by atoms with Crippen molar-refractivity contribution < 1.29 is 9.84 Å². The lowest BCUT2D eigenvalue weighted by molar-refractivity contribution is 0.408. The summed E-state index contributed by atoms with van der Waals surface area (Å²) < 4.78 is 4.83. The number of rotatable bonds is 1. The second-order valence-electron chi connectivity index (χ2n) is 2.14. The third-order valence-electron chi connectivity index (χ3n) is 1.40. The third-order valence-corrected chi connectivity index (χ3v) is 3.05. The monoisotopic (exact) mass is 260 g/mol. The Kier molecular flexibility index (Phi) is 3.41. The zero-order valence-electron chi connectivity index (χ0n) is 6.37. The van der Waals surface area contributed by atoms with Crippen LogP contribution in [-0.2, 0) is 0 Å². The minimum atomic E-state index is -0.338. The number of phenols is 1. The Labute approximate surface area is 94.9 Å². The molecule has 13 heavy (non-hydrogen) atoms. The SMILES string of the molecule is COc1c(Cl)c(O)c(Cl)c(Cl)c1Cl. The smallest absolute Gasteiger partial charge is 0.161 e. The zero-order valence-corrected chi connectivity index (χ0v) is 9.39. The normalized spacial score (nSPS) is 10.2. The van der Waals surface area contributed by atoms with Crippen molar-refractivity contribution >= 4 is 46.4 Å². The standard InChI is InChI=1S/C7H4Cl4O2/c1-13-7-4(10)2(8)3(9)6(12)5(7)11/h12H,1H3. The average molecular weight is 262 g/mol. The topological polar surface area (TPSA) is 29.5 Å². The van der Waals surface area contributed by atoms with Gasteiger partial charge in [0.05, 0.1) is 12.1 Å². The van der Waals surface area contributed by atoms with Gasteiger partial charge in [0, 0.05) is 0 Å². The lowest BCUT2D eigenvalue weighted by atomic mass is 10.3. The van der Waals surface area contributed by atoms with E-state index in [9.17, 15) is 5.11 Å². The Bertz CT molecular complexity index is 322. The lowest BCUT2D eigenvalue weighted by Crippen LogP contribution is -1.88. The van der Waals surface area contributed by atoms with E-state index in [1.807, 2.05) is 0 Å². The highest BCUT2D eigenvalue weighted by atomic mass is 35.5. The van der Waals surface area contributed by atoms with Crippen molar-refractivity contribution in [3.05, 3.63) is 20.1 Å². The molecule has 0 amide bonds. The number of halogens is 4. The summed E-state index contributed by atoms with van der Waals surface area (Å²) in [6.07, 6.45) is 0. The number of ether oxygens (including phenoxy) is 1. The van der Waals surface area contributed by atoms with Crippen LogP contribution in [0.4, 0.5) is 0 Å². The molecule has 0 fully saturated rings. The molecule has 0 aliphatic carbocycles. The maximum Gasteiger partial charge on any atom is 0.161 e. The molecule has 1 N–H and O–H groups in total. The van der Waals surface area contributed by atoms with Crippen LogP contribution in [0.1, 0.15) is 0 Å². The number of hydrogen-bond acceptors (Lipinski definition) is 2. The fourth-order valence-electron chi connectivity index (χ4n) is 0.779. The maximum absolute atomic E-state index is 9.34. The molecule has 72 valence electrons. The van der Waals surface area contributed by atoms with Crippen LogP contribution in [-0.4, -0.2) is 12.2 Å². The van der Waals surface area contributed by atoms with Crippen molar-refractivity contribution in [1.82, 2.24) is 0 Å². The van der Waals surface area contributed by atoms with Crippen molar-refractivity contribution in [1.29, 1.82) is 0 Å². The average Bonchev–Trinajstić information content (AvgIpc) is 2.13. The van der Waals surface area contributed by atoms with Crippen LogP contribution >= 0.6 is 46.4 Å². The molecule has 0 aliphatic rings. The van der Waals surface area contributed by atoms with Gasteiger partial charge in [0.15, 0.2) is 11.5 Å². The van der Waals surface area contributed by atoms with Crippen LogP contribution in [0.2, 0.25) is 20.1 Å². The van der Waals surface area contributed by atoms with Gasteiger partial charge in [0.2, 0.25) is 0 Å². The van der Waals surface area contributed by atoms with E-state index in [1.165, 1.54) is 7.11 Å². The quantitative estimate of drug-likeness (QED) is 0.611. The van der Waals surface area contributed by atoms with Gasteiger partial charge in [-0.05, 0) is 0 Å². The highest BCUT2D eigenvalue weighted by Crippen LogP contribution is 2.49. The summed E-state index contributed by atoms with van der Waals surface area (Å²) in [5, 5.41) is 9.29. The molecule has 0 spiro atoms. The van der Waals surface area contributed by atoms with Gasteiger partial charge in [-0.15, -0.1) is 0 Å². The molecule has 0 heterocycles. The molecular weight excluding hydrogens is 258 g/mol. The minimum Gasteiger partial charge on any atom is -0.505 e. The van der Waals surface area contributed by atoms with E-state index in [-0.39, 0.29) is 31.6 Å². The number of hydrogen-bond donors (Lipinski definition) is 1. The van der Waals surface area contributed by atoms with E-state index in [2.05, 4.69) is 0 Å². The van der Waals surface area contributed by atoms with Crippen LogP contribution in [0.3, 0.4) is 0 Å². The highest BCUT2D eigenvalue weighted by Gasteiger charge is 2.20. The molecule has 1 rings (SSSR count). The van der Waals surface area contributed by atoms with Gasteiger partial charge in [-0.1, -0.05) is 46.4 Å². The first kappa shape index (κ1) is 11.1. The summed E-state index contributed by atoms with van der Waals surface area (Å²) in [6.45, 7) is 0. The highest BCUT2D eigenvalue weighted by molar-refractivity contribution is 6.51. The maximum atomic E-state index is 9.34. The molecule has 0 aromatic heterocycles. The molecule has 0 unspecified atom stereocenters. The Morgan fingerprint density at radius 2 is 1.46 bits per heavy atom. The van der Waals surface area contributed by atoms with E-state index >= 15 is 0 Å². The zero-order chi connectivity index (χ0) is 10.2. The van der Waals surface area contributed by atoms with Gasteiger partial charge in [0.25, 0.3) is 0 Å². The van der Waals surface area contributed by atoms with Crippen LogP contribution in [0.25, 0.3) is 0 Å². The van der Waals surface area contributed by atoms with Gasteiger partial charge in [-0.3, -0.25) is 0 Å². The van der Waals surface area contributed by atoms with Crippen molar-refractivity contribution in [3.63, 3.8) is 0 Å². The fraction of sp³-hybridized carbons (Fsp3) is 0.143. The molecule has 1 aromatic carbocycles. The van der Waals surface area contributed by atoms with Crippen LogP contribution in [0.15, 0.2) is 0 Å². The number of benzene rings is 1. The van der Waals surface area contributed by atoms with E-state index in [1.54, 1.807) is 0 Å². The first-order valence-corrected chi connectivity index (χ1v) is 4.60. The third kappa shape index (κ3) is 1.77. The Morgan fingerprint density at radius 3 is 1.92 bits per heavy atom. The van der Waals surface area contributed by atoms with E-state index in [4.69, 9.17) is 51.1 Å². The van der Waals surface area contributed by atoms with Gasteiger partial charge < -0.3 is 9.84 Å². The summed E-state index contributed by atoms with van der Waals surface area (Å²) in [6, 6.07) is 0. The fourth-order valence-corrected chi connectivity index (χ4v) is 1.82. The van der Waals surface area contributed by atoms with E-state index in [0.29, 0.717) is 0 Å². The Morgan fingerprint density at radius 1 is 0.923 bits per heavy atom. The Balaban J connectivity index is 3.56. The van der Waals surface area contributed by atoms with Gasteiger partial charge in [-0.25, -0.2) is 0 Å². The molecular formula is C7H4Cl4O2. The molecule has 0 radical (unpaired) electrons. The van der Waals surface area contributed by atoms with Gasteiger partial charge >= 0.3 is 0 Å². The van der Waals surface area contributed by atoms with Gasteiger partial charge in [-0.2, -0.15) is 0 Å². The summed E-state index contributed by atoms with van der Waals surface area (Å²) in [5.74, 6) is -0.232. The summed E-state index contributed by atoms with van der Waals surface area (Å²) in [5.41, 5.74) is 0. The van der Waals surface area contributed by atoms with Gasteiger partial charge in [0.1, 0.15) is 15.1 Å².